The number of nitrogens with zero attached hydrogens (tertiary/aromatic N) is 1. The molecule has 2 aromatic carbocycles. The van der Waals surface area contributed by atoms with E-state index >= 15 is 0 Å². The lowest BCUT2D eigenvalue weighted by molar-refractivity contribution is 0.341. The Hall–Kier alpha value is -2.34. The Morgan fingerprint density at radius 2 is 1.63 bits per heavy atom. The normalized spacial score (nSPS) is 11.6. The summed E-state index contributed by atoms with van der Waals surface area (Å²) in [5.41, 5.74) is 0.725. The summed E-state index contributed by atoms with van der Waals surface area (Å²) in [4.78, 5) is -0.0736. The third-order valence-corrected chi connectivity index (χ3v) is 3.40. The summed E-state index contributed by atoms with van der Waals surface area (Å²) < 4.78 is 28.0. The molecular formula is C13H11NO4S. The smallest absolute Gasteiger partial charge is 0.358 e. The van der Waals surface area contributed by atoms with Crippen LogP contribution in [0.25, 0.3) is 0 Å². The zero-order valence-electron chi connectivity index (χ0n) is 9.80. The van der Waals surface area contributed by atoms with Crippen LogP contribution in [0.15, 0.2) is 64.6 Å². The SMILES string of the molecule is O=S(=O)(ON=Cc1ccccc1)c1ccc(O)cc1. The van der Waals surface area contributed by atoms with Crippen LogP contribution in [0.3, 0.4) is 0 Å². The molecule has 0 atom stereocenters. The van der Waals surface area contributed by atoms with E-state index in [-0.39, 0.29) is 10.6 Å². The summed E-state index contributed by atoms with van der Waals surface area (Å²) in [6.07, 6.45) is 1.30. The molecule has 5 nitrogen and oxygen atoms in total. The molecular weight excluding hydrogens is 266 g/mol. The fraction of sp³-hybridized carbons (Fsp3) is 0. The van der Waals surface area contributed by atoms with E-state index in [0.717, 1.165) is 5.56 Å². The largest absolute Gasteiger partial charge is 0.508 e. The molecule has 2 rings (SSSR count). The lowest BCUT2D eigenvalue weighted by Crippen LogP contribution is -2.02. The first kappa shape index (κ1) is 13.1. The molecule has 0 aliphatic carbocycles. The molecule has 0 saturated heterocycles. The molecule has 2 aromatic rings. The van der Waals surface area contributed by atoms with Gasteiger partial charge in [0, 0.05) is 0 Å². The minimum atomic E-state index is -3.96. The fourth-order valence-corrected chi connectivity index (χ4v) is 2.05. The van der Waals surface area contributed by atoms with Crippen molar-refractivity contribution in [3.05, 3.63) is 60.2 Å². The van der Waals surface area contributed by atoms with Crippen molar-refractivity contribution in [2.45, 2.75) is 4.90 Å². The maximum atomic E-state index is 11.7. The molecule has 0 amide bonds. The van der Waals surface area contributed by atoms with Crippen LogP contribution >= 0.6 is 0 Å². The third-order valence-electron chi connectivity index (χ3n) is 2.27. The highest BCUT2D eigenvalue weighted by atomic mass is 32.2. The van der Waals surface area contributed by atoms with E-state index in [4.69, 9.17) is 5.11 Å². The Morgan fingerprint density at radius 3 is 2.26 bits per heavy atom. The van der Waals surface area contributed by atoms with Gasteiger partial charge in [-0.05, 0) is 29.8 Å². The second-order valence-electron chi connectivity index (χ2n) is 3.67. The van der Waals surface area contributed by atoms with Gasteiger partial charge in [-0.3, -0.25) is 4.28 Å². The van der Waals surface area contributed by atoms with Gasteiger partial charge in [0.2, 0.25) is 0 Å². The molecule has 0 aliphatic rings. The highest BCUT2D eigenvalue weighted by Gasteiger charge is 2.14. The molecule has 98 valence electrons. The second kappa shape index (κ2) is 5.53. The zero-order chi connectivity index (χ0) is 13.7. The standard InChI is InChI=1S/C13H11NO4S/c15-12-6-8-13(9-7-12)19(16,17)18-14-10-11-4-2-1-3-5-11/h1-10,15H. The van der Waals surface area contributed by atoms with Crippen molar-refractivity contribution in [3.8, 4) is 5.75 Å². The van der Waals surface area contributed by atoms with E-state index in [2.05, 4.69) is 9.44 Å². The highest BCUT2D eigenvalue weighted by molar-refractivity contribution is 7.86. The van der Waals surface area contributed by atoms with Crippen molar-refractivity contribution in [2.24, 2.45) is 5.16 Å². The van der Waals surface area contributed by atoms with Gasteiger partial charge in [0.25, 0.3) is 0 Å². The van der Waals surface area contributed by atoms with Gasteiger partial charge in [-0.2, -0.15) is 8.42 Å². The fourth-order valence-electron chi connectivity index (χ4n) is 1.33. The van der Waals surface area contributed by atoms with Crippen LogP contribution in [0.5, 0.6) is 5.75 Å². The van der Waals surface area contributed by atoms with E-state index in [1.165, 1.54) is 30.5 Å². The van der Waals surface area contributed by atoms with Crippen molar-refractivity contribution in [2.75, 3.05) is 0 Å². The Bertz CT molecular complexity index is 664. The Balaban J connectivity index is 2.10. The lowest BCUT2D eigenvalue weighted by atomic mass is 10.2. The van der Waals surface area contributed by atoms with Crippen LogP contribution < -0.4 is 0 Å². The van der Waals surface area contributed by atoms with Crippen molar-refractivity contribution in [1.29, 1.82) is 0 Å². The molecule has 0 aliphatic heterocycles. The predicted molar refractivity (Wildman–Crippen MR) is 70.4 cm³/mol. The summed E-state index contributed by atoms with van der Waals surface area (Å²) in [6.45, 7) is 0. The van der Waals surface area contributed by atoms with Gasteiger partial charge < -0.3 is 5.11 Å². The average Bonchev–Trinajstić information content (AvgIpc) is 2.40. The number of oxime groups is 1. The summed E-state index contributed by atoms with van der Waals surface area (Å²) >= 11 is 0. The van der Waals surface area contributed by atoms with Gasteiger partial charge in [0.05, 0.1) is 6.21 Å². The topological polar surface area (TPSA) is 76.0 Å². The van der Waals surface area contributed by atoms with E-state index in [0.29, 0.717) is 0 Å². The maximum Gasteiger partial charge on any atom is 0.358 e. The predicted octanol–water partition coefficient (Wildman–Crippen LogP) is 2.13. The number of phenols is 1. The lowest BCUT2D eigenvalue weighted by Gasteiger charge is -2.01. The number of phenolic OH excluding ortho intramolecular Hbond substituents is 1. The van der Waals surface area contributed by atoms with Crippen LogP contribution in [0.2, 0.25) is 0 Å². The summed E-state index contributed by atoms with van der Waals surface area (Å²) in [7, 11) is -3.96. The molecule has 0 heterocycles. The summed E-state index contributed by atoms with van der Waals surface area (Å²) in [5, 5.41) is 12.5. The zero-order valence-corrected chi connectivity index (χ0v) is 10.6. The van der Waals surface area contributed by atoms with Crippen LogP contribution in [0, 0.1) is 0 Å². The first-order valence-electron chi connectivity index (χ1n) is 5.39. The number of rotatable bonds is 4. The molecule has 0 fully saturated rings. The third kappa shape index (κ3) is 3.56. The van der Waals surface area contributed by atoms with Crippen LogP contribution in [0.1, 0.15) is 5.56 Å². The van der Waals surface area contributed by atoms with Gasteiger partial charge in [-0.15, -0.1) is 0 Å². The number of hydrogen-bond acceptors (Lipinski definition) is 5. The number of hydrogen-bond donors (Lipinski definition) is 1. The van der Waals surface area contributed by atoms with E-state index < -0.39 is 10.1 Å². The molecule has 1 N–H and O–H groups in total. The monoisotopic (exact) mass is 277 g/mol. The molecule has 0 radical (unpaired) electrons. The van der Waals surface area contributed by atoms with Crippen molar-refractivity contribution >= 4 is 16.3 Å². The first-order chi connectivity index (χ1) is 9.08. The van der Waals surface area contributed by atoms with Gasteiger partial charge in [-0.25, -0.2) is 0 Å². The minimum absolute atomic E-state index is 0.0215. The second-order valence-corrected chi connectivity index (χ2v) is 5.20. The minimum Gasteiger partial charge on any atom is -0.508 e. The molecule has 19 heavy (non-hydrogen) atoms. The van der Waals surface area contributed by atoms with E-state index in [1.54, 1.807) is 24.3 Å². The Morgan fingerprint density at radius 1 is 1.00 bits per heavy atom. The Kier molecular flexibility index (Phi) is 3.82. The highest BCUT2D eigenvalue weighted by Crippen LogP contribution is 2.16. The van der Waals surface area contributed by atoms with Gasteiger partial charge in [0.15, 0.2) is 0 Å². The van der Waals surface area contributed by atoms with E-state index in [1.807, 2.05) is 6.07 Å². The Labute approximate surface area is 110 Å². The van der Waals surface area contributed by atoms with Gasteiger partial charge >= 0.3 is 10.1 Å². The molecule has 0 saturated carbocycles. The molecule has 0 unspecified atom stereocenters. The van der Waals surface area contributed by atoms with Gasteiger partial charge in [-0.1, -0.05) is 35.5 Å². The number of benzene rings is 2. The van der Waals surface area contributed by atoms with Crippen molar-refractivity contribution in [3.63, 3.8) is 0 Å². The van der Waals surface area contributed by atoms with Gasteiger partial charge in [0.1, 0.15) is 10.6 Å². The van der Waals surface area contributed by atoms with Crippen LogP contribution in [0.4, 0.5) is 0 Å². The van der Waals surface area contributed by atoms with Crippen LogP contribution in [-0.2, 0) is 14.4 Å². The quantitative estimate of drug-likeness (QED) is 0.686. The molecule has 6 heteroatoms. The molecule has 0 bridgehead atoms. The summed E-state index contributed by atoms with van der Waals surface area (Å²) in [6, 6.07) is 14.0. The maximum absolute atomic E-state index is 11.7. The first-order valence-corrected chi connectivity index (χ1v) is 6.80. The average molecular weight is 277 g/mol. The van der Waals surface area contributed by atoms with Crippen LogP contribution in [-0.4, -0.2) is 19.7 Å². The van der Waals surface area contributed by atoms with Crippen molar-refractivity contribution < 1.29 is 17.8 Å². The van der Waals surface area contributed by atoms with Crippen molar-refractivity contribution in [1.82, 2.24) is 0 Å². The molecule has 0 spiro atoms. The summed E-state index contributed by atoms with van der Waals surface area (Å²) in [5.74, 6) is -0.0215. The molecule has 0 aromatic heterocycles. The number of aromatic hydroxyl groups is 1. The van der Waals surface area contributed by atoms with E-state index in [9.17, 15) is 8.42 Å².